The first-order valence-electron chi connectivity index (χ1n) is 6.56. The van der Waals surface area contributed by atoms with Crippen LogP contribution in [0.25, 0.3) is 11.0 Å². The molecular formula is C14H15N5O2. The lowest BCUT2D eigenvalue weighted by atomic mass is 10.3. The van der Waals surface area contributed by atoms with E-state index in [4.69, 9.17) is 9.47 Å². The van der Waals surface area contributed by atoms with Gasteiger partial charge < -0.3 is 14.8 Å². The van der Waals surface area contributed by atoms with E-state index in [0.717, 1.165) is 11.1 Å². The topological polar surface area (TPSA) is 85.0 Å². The fraction of sp³-hybridized carbons (Fsp3) is 0.214. The molecule has 0 radical (unpaired) electrons. The molecule has 2 N–H and O–H groups in total. The van der Waals surface area contributed by atoms with Crippen LogP contribution in [0.5, 0.6) is 11.6 Å². The number of hydrogen-bond acceptors (Lipinski definition) is 6. The van der Waals surface area contributed by atoms with Crippen LogP contribution < -0.4 is 14.8 Å². The summed E-state index contributed by atoms with van der Waals surface area (Å²) in [6.07, 6.45) is 1.64. The van der Waals surface area contributed by atoms with E-state index in [-0.39, 0.29) is 0 Å². The second-order valence-corrected chi connectivity index (χ2v) is 4.24. The first kappa shape index (κ1) is 13.2. The Morgan fingerprint density at radius 1 is 1.10 bits per heavy atom. The predicted octanol–water partition coefficient (Wildman–Crippen LogP) is 1.85. The van der Waals surface area contributed by atoms with Crippen LogP contribution in [0, 0.1) is 0 Å². The van der Waals surface area contributed by atoms with Crippen molar-refractivity contribution in [1.82, 2.24) is 20.2 Å². The van der Waals surface area contributed by atoms with Crippen LogP contribution in [0.3, 0.4) is 0 Å². The van der Waals surface area contributed by atoms with Crippen molar-refractivity contribution in [2.75, 3.05) is 25.6 Å². The molecule has 0 bridgehead atoms. The highest BCUT2D eigenvalue weighted by atomic mass is 16.5. The van der Waals surface area contributed by atoms with Crippen LogP contribution in [0.1, 0.15) is 0 Å². The van der Waals surface area contributed by atoms with E-state index in [0.29, 0.717) is 30.7 Å². The average Bonchev–Trinajstić information content (AvgIpc) is 3.00. The van der Waals surface area contributed by atoms with Gasteiger partial charge in [0.05, 0.1) is 6.20 Å². The number of aromatic nitrogens is 4. The maximum absolute atomic E-state index is 5.67. The van der Waals surface area contributed by atoms with E-state index in [9.17, 15) is 0 Å². The molecule has 0 saturated carbocycles. The van der Waals surface area contributed by atoms with E-state index >= 15 is 0 Å². The highest BCUT2D eigenvalue weighted by molar-refractivity contribution is 5.80. The first-order valence-corrected chi connectivity index (χ1v) is 6.56. The third kappa shape index (κ3) is 3.02. The van der Waals surface area contributed by atoms with E-state index < -0.39 is 0 Å². The minimum Gasteiger partial charge on any atom is -0.490 e. The van der Waals surface area contributed by atoms with E-state index in [1.165, 1.54) is 0 Å². The molecule has 0 spiro atoms. The third-order valence-corrected chi connectivity index (χ3v) is 2.83. The van der Waals surface area contributed by atoms with Gasteiger partial charge in [0, 0.05) is 7.05 Å². The maximum atomic E-state index is 5.67. The van der Waals surface area contributed by atoms with Crippen LogP contribution in [0.4, 0.5) is 5.95 Å². The zero-order valence-corrected chi connectivity index (χ0v) is 11.5. The van der Waals surface area contributed by atoms with Gasteiger partial charge in [-0.25, -0.2) is 0 Å². The van der Waals surface area contributed by atoms with Crippen molar-refractivity contribution in [1.29, 1.82) is 0 Å². The van der Waals surface area contributed by atoms with Crippen LogP contribution in [0.2, 0.25) is 0 Å². The standard InChI is InChI=1S/C14H15N5O2/c1-15-14-17-12-11(9-16-19-12)13(18-14)21-8-7-20-10-5-3-2-4-6-10/h2-6,9H,7-8H2,1H3,(H2,15,16,17,18,19). The predicted molar refractivity (Wildman–Crippen MR) is 78.7 cm³/mol. The maximum Gasteiger partial charge on any atom is 0.229 e. The number of nitrogens with one attached hydrogen (secondary N) is 2. The molecule has 3 rings (SSSR count). The number of nitrogens with zero attached hydrogens (tertiary/aromatic N) is 3. The van der Waals surface area contributed by atoms with E-state index in [2.05, 4.69) is 25.5 Å². The number of aromatic amines is 1. The molecule has 0 aliphatic heterocycles. The summed E-state index contributed by atoms with van der Waals surface area (Å²) in [7, 11) is 1.75. The lowest BCUT2D eigenvalue weighted by molar-refractivity contribution is 0.214. The van der Waals surface area contributed by atoms with Crippen molar-refractivity contribution in [2.45, 2.75) is 0 Å². The molecular weight excluding hydrogens is 270 g/mol. The Hall–Kier alpha value is -2.83. The summed E-state index contributed by atoms with van der Waals surface area (Å²) in [6, 6.07) is 9.60. The van der Waals surface area contributed by atoms with Gasteiger partial charge in [-0.1, -0.05) is 18.2 Å². The fourth-order valence-electron chi connectivity index (χ4n) is 1.84. The van der Waals surface area contributed by atoms with Crippen molar-refractivity contribution in [3.05, 3.63) is 36.5 Å². The Morgan fingerprint density at radius 3 is 2.71 bits per heavy atom. The molecule has 0 amide bonds. The molecule has 3 aromatic rings. The van der Waals surface area contributed by atoms with Gasteiger partial charge >= 0.3 is 0 Å². The Morgan fingerprint density at radius 2 is 1.90 bits per heavy atom. The summed E-state index contributed by atoms with van der Waals surface area (Å²) in [5.74, 6) is 1.77. The molecule has 108 valence electrons. The first-order chi connectivity index (χ1) is 10.4. The van der Waals surface area contributed by atoms with Crippen molar-refractivity contribution in [2.24, 2.45) is 0 Å². The molecule has 7 heteroatoms. The molecule has 0 aliphatic carbocycles. The molecule has 2 aromatic heterocycles. The largest absolute Gasteiger partial charge is 0.490 e. The summed E-state index contributed by atoms with van der Waals surface area (Å²) in [5, 5.41) is 10.4. The molecule has 0 atom stereocenters. The lowest BCUT2D eigenvalue weighted by Gasteiger charge is -2.09. The number of hydrogen-bond donors (Lipinski definition) is 2. The number of ether oxygens (including phenoxy) is 2. The number of rotatable bonds is 6. The molecule has 7 nitrogen and oxygen atoms in total. The van der Waals surface area contributed by atoms with Crippen molar-refractivity contribution in [3.63, 3.8) is 0 Å². The fourth-order valence-corrected chi connectivity index (χ4v) is 1.84. The SMILES string of the molecule is CNc1nc(OCCOc2ccccc2)c2cn[nH]c2n1. The van der Waals surface area contributed by atoms with Crippen LogP contribution in [-0.4, -0.2) is 40.4 Å². The Labute approximate surface area is 121 Å². The second kappa shape index (κ2) is 6.08. The van der Waals surface area contributed by atoms with Gasteiger partial charge in [-0.15, -0.1) is 0 Å². The molecule has 0 saturated heterocycles. The van der Waals surface area contributed by atoms with Gasteiger partial charge in [-0.2, -0.15) is 15.1 Å². The summed E-state index contributed by atoms with van der Waals surface area (Å²) in [4.78, 5) is 8.51. The molecule has 0 unspecified atom stereocenters. The number of benzene rings is 1. The van der Waals surface area contributed by atoms with E-state index in [1.807, 2.05) is 30.3 Å². The van der Waals surface area contributed by atoms with Gasteiger partial charge in [0.15, 0.2) is 5.65 Å². The Kier molecular flexibility index (Phi) is 3.81. The lowest BCUT2D eigenvalue weighted by Crippen LogP contribution is -2.10. The number of fused-ring (bicyclic) bond motifs is 1. The van der Waals surface area contributed by atoms with Crippen molar-refractivity contribution in [3.8, 4) is 11.6 Å². The molecule has 21 heavy (non-hydrogen) atoms. The summed E-state index contributed by atoms with van der Waals surface area (Å²) in [6.45, 7) is 0.817. The number of para-hydroxylation sites is 1. The Bertz CT molecular complexity index is 714. The van der Waals surface area contributed by atoms with Gasteiger partial charge in [-0.3, -0.25) is 5.10 Å². The second-order valence-electron chi connectivity index (χ2n) is 4.24. The van der Waals surface area contributed by atoms with Crippen LogP contribution in [0.15, 0.2) is 36.5 Å². The molecule has 1 aromatic carbocycles. The van der Waals surface area contributed by atoms with Crippen molar-refractivity contribution < 1.29 is 9.47 Å². The summed E-state index contributed by atoms with van der Waals surface area (Å²) >= 11 is 0. The van der Waals surface area contributed by atoms with Crippen LogP contribution >= 0.6 is 0 Å². The minimum absolute atomic E-state index is 0.384. The quantitative estimate of drug-likeness (QED) is 0.672. The summed E-state index contributed by atoms with van der Waals surface area (Å²) < 4.78 is 11.2. The van der Waals surface area contributed by atoms with Gasteiger partial charge in [0.25, 0.3) is 0 Å². The zero-order chi connectivity index (χ0) is 14.5. The monoisotopic (exact) mass is 285 g/mol. The minimum atomic E-state index is 0.384. The van der Waals surface area contributed by atoms with Gasteiger partial charge in [0.2, 0.25) is 11.8 Å². The highest BCUT2D eigenvalue weighted by Crippen LogP contribution is 2.21. The highest BCUT2D eigenvalue weighted by Gasteiger charge is 2.09. The number of H-pyrrole nitrogens is 1. The Balaban J connectivity index is 1.63. The zero-order valence-electron chi connectivity index (χ0n) is 11.5. The van der Waals surface area contributed by atoms with Gasteiger partial charge in [0.1, 0.15) is 24.3 Å². The third-order valence-electron chi connectivity index (χ3n) is 2.83. The normalized spacial score (nSPS) is 10.5. The molecule has 2 heterocycles. The smallest absolute Gasteiger partial charge is 0.229 e. The van der Waals surface area contributed by atoms with Crippen LogP contribution in [-0.2, 0) is 0 Å². The molecule has 0 fully saturated rings. The van der Waals surface area contributed by atoms with E-state index in [1.54, 1.807) is 13.2 Å². The average molecular weight is 285 g/mol. The summed E-state index contributed by atoms with van der Waals surface area (Å²) in [5.41, 5.74) is 0.633. The van der Waals surface area contributed by atoms with Crippen molar-refractivity contribution >= 4 is 17.0 Å². The van der Waals surface area contributed by atoms with Gasteiger partial charge in [-0.05, 0) is 12.1 Å². The number of anilines is 1. The molecule has 0 aliphatic rings.